The average Bonchev–Trinajstić information content (AvgIpc) is 3.20. The minimum absolute atomic E-state index is 0.442. The van der Waals surface area contributed by atoms with Crippen LogP contribution in [0, 0.1) is 39.4 Å². The quantitative estimate of drug-likeness (QED) is 0.822. The van der Waals surface area contributed by atoms with Crippen LogP contribution in [0.25, 0.3) is 0 Å². The summed E-state index contributed by atoms with van der Waals surface area (Å²) in [5, 5.41) is 29.1. The third-order valence-corrected chi connectivity index (χ3v) is 4.89. The van der Waals surface area contributed by atoms with Crippen molar-refractivity contribution in [2.45, 2.75) is 11.3 Å². The fourth-order valence-corrected chi connectivity index (χ4v) is 3.54. The summed E-state index contributed by atoms with van der Waals surface area (Å²) in [5.41, 5.74) is -0.930. The molecule has 0 radical (unpaired) electrons. The van der Waals surface area contributed by atoms with Crippen molar-refractivity contribution in [3.8, 4) is 18.2 Å². The molecule has 1 aliphatic carbocycles. The van der Waals surface area contributed by atoms with Gasteiger partial charge in [0.25, 0.3) is 0 Å². The third-order valence-electron chi connectivity index (χ3n) is 4.37. The second-order valence-electron chi connectivity index (χ2n) is 5.30. The standard InChI is InChI=1S/C18H10BrN3/c19-15-8-6-14(7-9-15)18(12-22)16(17(18,10-20)11-21)13-4-2-1-3-5-13/h1-9,16H/t16-,18-/m1/s1. The van der Waals surface area contributed by atoms with E-state index in [0.29, 0.717) is 5.56 Å². The summed E-state index contributed by atoms with van der Waals surface area (Å²) in [5.74, 6) is -0.442. The van der Waals surface area contributed by atoms with Gasteiger partial charge in [0.1, 0.15) is 5.41 Å². The van der Waals surface area contributed by atoms with Crippen molar-refractivity contribution in [2.75, 3.05) is 0 Å². The summed E-state index contributed by atoms with van der Waals surface area (Å²) in [4.78, 5) is 0. The molecule has 2 aromatic rings. The first-order valence-corrected chi connectivity index (χ1v) is 7.50. The predicted octanol–water partition coefficient (Wildman–Crippen LogP) is 4.04. The van der Waals surface area contributed by atoms with Gasteiger partial charge in [0, 0.05) is 10.4 Å². The van der Waals surface area contributed by atoms with Crippen LogP contribution in [0.1, 0.15) is 17.0 Å². The summed E-state index contributed by atoms with van der Waals surface area (Å²) in [6, 6.07) is 23.1. The maximum absolute atomic E-state index is 9.84. The van der Waals surface area contributed by atoms with E-state index in [2.05, 4.69) is 34.1 Å². The molecule has 3 nitrogen and oxygen atoms in total. The SMILES string of the molecule is N#CC1(C#N)[C@@H](c2ccccc2)[C@@]1(C#N)c1ccc(Br)cc1. The van der Waals surface area contributed by atoms with Crippen LogP contribution >= 0.6 is 15.9 Å². The van der Waals surface area contributed by atoms with Crippen LogP contribution in [0.5, 0.6) is 0 Å². The zero-order chi connectivity index (χ0) is 15.8. The Bertz CT molecular complexity index is 823. The van der Waals surface area contributed by atoms with Crippen LogP contribution in [-0.2, 0) is 5.41 Å². The first kappa shape index (κ1) is 14.3. The van der Waals surface area contributed by atoms with Gasteiger partial charge < -0.3 is 0 Å². The Hall–Kier alpha value is -2.61. The molecule has 2 atom stereocenters. The van der Waals surface area contributed by atoms with Crippen molar-refractivity contribution in [3.05, 3.63) is 70.2 Å². The summed E-state index contributed by atoms with van der Waals surface area (Å²) < 4.78 is 0.890. The Balaban J connectivity index is 2.23. The Morgan fingerprint density at radius 2 is 1.41 bits per heavy atom. The molecule has 1 aliphatic rings. The van der Waals surface area contributed by atoms with Gasteiger partial charge >= 0.3 is 0 Å². The normalized spacial score (nSPS) is 24.5. The molecule has 4 heteroatoms. The predicted molar refractivity (Wildman–Crippen MR) is 84.3 cm³/mol. The molecule has 0 N–H and O–H groups in total. The van der Waals surface area contributed by atoms with E-state index in [0.717, 1.165) is 10.0 Å². The van der Waals surface area contributed by atoms with Gasteiger partial charge in [-0.3, -0.25) is 0 Å². The molecule has 0 aromatic heterocycles. The van der Waals surface area contributed by atoms with E-state index >= 15 is 0 Å². The summed E-state index contributed by atoms with van der Waals surface area (Å²) >= 11 is 3.36. The average molecular weight is 348 g/mol. The highest BCUT2D eigenvalue weighted by Gasteiger charge is 2.81. The highest BCUT2D eigenvalue weighted by Crippen LogP contribution is 2.73. The molecule has 0 amide bonds. The van der Waals surface area contributed by atoms with Gasteiger partial charge in [-0.15, -0.1) is 0 Å². The molecule has 1 saturated carbocycles. The molecular weight excluding hydrogens is 338 g/mol. The number of benzene rings is 2. The largest absolute Gasteiger partial charge is 0.197 e. The molecule has 3 rings (SSSR count). The molecule has 2 aromatic carbocycles. The fraction of sp³-hybridized carbons (Fsp3) is 0.167. The van der Waals surface area contributed by atoms with Crippen molar-refractivity contribution >= 4 is 15.9 Å². The minimum Gasteiger partial charge on any atom is -0.197 e. The molecule has 0 saturated heterocycles. The van der Waals surface area contributed by atoms with E-state index in [9.17, 15) is 15.8 Å². The maximum Gasteiger partial charge on any atom is 0.175 e. The van der Waals surface area contributed by atoms with Crippen molar-refractivity contribution in [1.29, 1.82) is 15.8 Å². The molecule has 22 heavy (non-hydrogen) atoms. The topological polar surface area (TPSA) is 71.4 Å². The van der Waals surface area contributed by atoms with Crippen molar-refractivity contribution in [1.82, 2.24) is 0 Å². The fourth-order valence-electron chi connectivity index (χ4n) is 3.28. The lowest BCUT2D eigenvalue weighted by molar-refractivity contribution is 0.742. The molecule has 0 unspecified atom stereocenters. The maximum atomic E-state index is 9.84. The van der Waals surface area contributed by atoms with Crippen LogP contribution in [0.3, 0.4) is 0 Å². The first-order valence-electron chi connectivity index (χ1n) is 6.71. The number of hydrogen-bond acceptors (Lipinski definition) is 3. The Kier molecular flexibility index (Phi) is 3.25. The lowest BCUT2D eigenvalue weighted by atomic mass is 9.88. The van der Waals surface area contributed by atoms with Gasteiger partial charge in [-0.05, 0) is 23.3 Å². The molecule has 1 fully saturated rings. The molecule has 0 bridgehead atoms. The van der Waals surface area contributed by atoms with Gasteiger partial charge in [-0.1, -0.05) is 58.4 Å². The van der Waals surface area contributed by atoms with Gasteiger partial charge in [-0.2, -0.15) is 15.8 Å². The highest BCUT2D eigenvalue weighted by molar-refractivity contribution is 9.10. The van der Waals surface area contributed by atoms with E-state index in [4.69, 9.17) is 0 Å². The Labute approximate surface area is 137 Å². The third kappa shape index (κ3) is 1.64. The van der Waals surface area contributed by atoms with E-state index in [1.807, 2.05) is 42.5 Å². The number of nitrogens with zero attached hydrogens (tertiary/aromatic N) is 3. The van der Waals surface area contributed by atoms with Crippen LogP contribution in [0.4, 0.5) is 0 Å². The Morgan fingerprint density at radius 3 is 1.91 bits per heavy atom. The van der Waals surface area contributed by atoms with Crippen molar-refractivity contribution in [3.63, 3.8) is 0 Å². The smallest absolute Gasteiger partial charge is 0.175 e. The van der Waals surface area contributed by atoms with Gasteiger partial charge in [-0.25, -0.2) is 0 Å². The summed E-state index contributed by atoms with van der Waals surface area (Å²) in [7, 11) is 0. The van der Waals surface area contributed by atoms with Gasteiger partial charge in [0.15, 0.2) is 5.41 Å². The zero-order valence-corrected chi connectivity index (χ0v) is 13.1. The first-order chi connectivity index (χ1) is 10.7. The minimum atomic E-state index is -1.35. The van der Waals surface area contributed by atoms with Crippen LogP contribution in [0.15, 0.2) is 59.1 Å². The summed E-state index contributed by atoms with van der Waals surface area (Å²) in [6.45, 7) is 0. The molecule has 0 heterocycles. The van der Waals surface area contributed by atoms with Crippen molar-refractivity contribution in [2.24, 2.45) is 5.41 Å². The number of halogens is 1. The van der Waals surface area contributed by atoms with E-state index in [1.165, 1.54) is 0 Å². The van der Waals surface area contributed by atoms with E-state index in [1.54, 1.807) is 12.1 Å². The molecular formula is C18H10BrN3. The van der Waals surface area contributed by atoms with Crippen LogP contribution < -0.4 is 0 Å². The Morgan fingerprint density at radius 1 is 0.818 bits per heavy atom. The summed E-state index contributed by atoms with van der Waals surface area (Å²) in [6.07, 6.45) is 0. The van der Waals surface area contributed by atoms with E-state index in [-0.39, 0.29) is 0 Å². The second kappa shape index (κ2) is 4.99. The molecule has 104 valence electrons. The van der Waals surface area contributed by atoms with Crippen molar-refractivity contribution < 1.29 is 0 Å². The molecule has 0 aliphatic heterocycles. The highest BCUT2D eigenvalue weighted by atomic mass is 79.9. The van der Waals surface area contributed by atoms with Gasteiger partial charge in [0.05, 0.1) is 18.2 Å². The number of nitriles is 3. The number of hydrogen-bond donors (Lipinski definition) is 0. The lowest BCUT2D eigenvalue weighted by Gasteiger charge is -2.09. The lowest BCUT2D eigenvalue weighted by Crippen LogP contribution is -2.14. The monoisotopic (exact) mass is 347 g/mol. The van der Waals surface area contributed by atoms with Crippen LogP contribution in [0.2, 0.25) is 0 Å². The number of rotatable bonds is 2. The van der Waals surface area contributed by atoms with Crippen LogP contribution in [-0.4, -0.2) is 0 Å². The zero-order valence-electron chi connectivity index (χ0n) is 11.5. The second-order valence-corrected chi connectivity index (χ2v) is 6.22. The van der Waals surface area contributed by atoms with Gasteiger partial charge in [0.2, 0.25) is 0 Å². The van der Waals surface area contributed by atoms with E-state index < -0.39 is 16.7 Å². The molecule has 0 spiro atoms.